The van der Waals surface area contributed by atoms with E-state index in [9.17, 15) is 28.3 Å². The first-order valence-electron chi connectivity index (χ1n) is 31.2. The molecule has 0 bridgehead atoms. The van der Waals surface area contributed by atoms with Crippen molar-refractivity contribution in [2.75, 3.05) is 51.1 Å². The summed E-state index contributed by atoms with van der Waals surface area (Å²) < 4.78 is 32.0. The summed E-state index contributed by atoms with van der Waals surface area (Å²) in [7, 11) is 5.31. The predicted molar refractivity (Wildman–Crippen MR) is 338 cm³/mol. The van der Waals surface area contributed by atoms with E-state index < -0.39 is 11.6 Å². The molecule has 10 nitrogen and oxygen atoms in total. The predicted octanol–water partition coefficient (Wildman–Crippen LogP) is 17.5. The minimum atomic E-state index is -0.521. The highest BCUT2D eigenvalue weighted by Crippen LogP contribution is 2.36. The number of allylic oxidation sites excluding steroid dienone is 2. The molecule has 4 unspecified atom stereocenters. The SMILES string of the molecule is C1CCCC1.CCCC.CCCCCC(C)C(C)C(CCC)CCC(C)CC.CNC(=O)CCCC=O.COC1=C(c2cc(C(=O)CCC/C=C3/Nc4ccc(C)cc4N3C)cc(C)n2)C=[N+](CCO)CC1.Cc1cc(F)cc(F)c1. The topological polar surface area (TPSA) is 124 Å². The summed E-state index contributed by atoms with van der Waals surface area (Å²) in [6, 6.07) is 13.5. The highest BCUT2D eigenvalue weighted by Gasteiger charge is 2.25. The van der Waals surface area contributed by atoms with Gasteiger partial charge < -0.3 is 30.2 Å². The molecule has 3 heterocycles. The number of aryl methyl sites for hydroxylation is 3. The van der Waals surface area contributed by atoms with Crippen LogP contribution in [0.3, 0.4) is 0 Å². The van der Waals surface area contributed by atoms with Crippen LogP contribution in [0.25, 0.3) is 5.57 Å². The molecule has 0 spiro atoms. The van der Waals surface area contributed by atoms with Gasteiger partial charge >= 0.3 is 0 Å². The number of anilines is 2. The smallest absolute Gasteiger partial charge is 0.219 e. The molecule has 1 saturated carbocycles. The first-order valence-corrected chi connectivity index (χ1v) is 31.2. The van der Waals surface area contributed by atoms with Crippen LogP contribution in [0.2, 0.25) is 0 Å². The van der Waals surface area contributed by atoms with Crippen LogP contribution < -0.4 is 15.5 Å². The van der Waals surface area contributed by atoms with Crippen molar-refractivity contribution >= 4 is 41.1 Å². The summed E-state index contributed by atoms with van der Waals surface area (Å²) in [4.78, 5) is 40.1. The van der Waals surface area contributed by atoms with Crippen LogP contribution in [0.1, 0.15) is 236 Å². The molecule has 81 heavy (non-hydrogen) atoms. The number of β-amino-alcohol motifs (C(OH)–C–C–N with tert-alkyl or cyclic N) is 1. The number of aromatic nitrogens is 1. The number of nitrogens with one attached hydrogen (secondary N) is 2. The number of benzene rings is 2. The van der Waals surface area contributed by atoms with Crippen molar-refractivity contribution in [3.8, 4) is 0 Å². The van der Waals surface area contributed by atoms with Crippen LogP contribution in [-0.4, -0.2) is 79.8 Å². The summed E-state index contributed by atoms with van der Waals surface area (Å²) in [5.74, 6) is 4.70. The highest BCUT2D eigenvalue weighted by atomic mass is 19.1. The number of hydrogen-bond acceptors (Lipinski definition) is 8. The fourth-order valence-electron chi connectivity index (χ4n) is 9.84. The van der Waals surface area contributed by atoms with Gasteiger partial charge in [-0.1, -0.05) is 158 Å². The number of aliphatic hydroxyl groups is 1. The molecule has 3 aliphatic rings. The zero-order valence-electron chi connectivity index (χ0n) is 53.2. The molecule has 1 fully saturated rings. The molecule has 1 aliphatic carbocycles. The number of methoxy groups -OCH3 is 1. The zero-order valence-corrected chi connectivity index (χ0v) is 53.2. The van der Waals surface area contributed by atoms with Crippen molar-refractivity contribution in [3.63, 3.8) is 0 Å². The van der Waals surface area contributed by atoms with Gasteiger partial charge in [-0.15, -0.1) is 0 Å². The lowest BCUT2D eigenvalue weighted by Gasteiger charge is -2.30. The Labute approximate surface area is 491 Å². The summed E-state index contributed by atoms with van der Waals surface area (Å²) >= 11 is 0. The van der Waals surface area contributed by atoms with E-state index >= 15 is 0 Å². The number of aliphatic hydroxyl groups excluding tert-OH is 1. The maximum absolute atomic E-state index is 13.1. The van der Waals surface area contributed by atoms with Crippen molar-refractivity contribution in [1.29, 1.82) is 0 Å². The maximum Gasteiger partial charge on any atom is 0.219 e. The van der Waals surface area contributed by atoms with E-state index in [1.807, 2.05) is 25.3 Å². The molecule has 3 N–H and O–H groups in total. The van der Waals surface area contributed by atoms with Crippen molar-refractivity contribution in [1.82, 2.24) is 10.3 Å². The molecule has 456 valence electrons. The summed E-state index contributed by atoms with van der Waals surface area (Å²) in [5.41, 5.74) is 7.21. The number of carbonyl (C=O) groups excluding carboxylic acids is 3. The molecule has 6 rings (SSSR count). The number of ether oxygens (including phenoxy) is 1. The van der Waals surface area contributed by atoms with E-state index in [1.165, 1.54) is 126 Å². The van der Waals surface area contributed by atoms with Gasteiger partial charge in [0.15, 0.2) is 18.5 Å². The van der Waals surface area contributed by atoms with Gasteiger partial charge in [0, 0.05) is 50.7 Å². The second-order valence-corrected chi connectivity index (χ2v) is 22.6. The third kappa shape index (κ3) is 31.1. The van der Waals surface area contributed by atoms with Gasteiger partial charge in [-0.05, 0) is 124 Å². The number of pyridine rings is 1. The first kappa shape index (κ1) is 73.8. The Balaban J connectivity index is 0.000000590. The lowest BCUT2D eigenvalue weighted by molar-refractivity contribution is -0.525. The molecule has 2 aliphatic heterocycles. The second-order valence-electron chi connectivity index (χ2n) is 22.6. The van der Waals surface area contributed by atoms with Crippen molar-refractivity contribution in [2.45, 2.75) is 224 Å². The minimum Gasteiger partial charge on any atom is -0.500 e. The molecular formula is C69H112F2N5O5+. The second kappa shape index (κ2) is 44.4. The van der Waals surface area contributed by atoms with Crippen molar-refractivity contribution in [2.24, 2.45) is 23.7 Å². The van der Waals surface area contributed by atoms with E-state index in [2.05, 4.69) is 119 Å². The number of carbonyl (C=O) groups is 3. The fourth-order valence-corrected chi connectivity index (χ4v) is 9.84. The average Bonchev–Trinajstić information content (AvgIpc) is 4.26. The molecule has 0 saturated heterocycles. The standard InChI is InChI=1S/C28H35N4O3.C19H40.C7H6F2.C6H11NO2.C5H10.C4H10/c1-19-9-10-23-25(15-19)31(3)28(30-23)8-6-5-7-26(34)21-16-20(2)29-24(17-21)22-18-32(13-14-33)12-11-27(22)35-4;1-7-10-11-13-17(5)18(6)19(12-8-2)15-14-16(4)9-3;1-5-2-6(8)4-7(9)3-5;1-7-6(9)4-2-3-5-8;1-2-4-5-3-1;1-3-4-2/h8-10,15-18,30,33H,5-7,11-14H2,1-4H3;16-19H,7-15H2,1-6H3;2-4H,1H3;5H,2-4H2,1H3,(H,7,9);1-5H2;3-4H2,1-2H3/q+1;;;;;/b28-8-;;;;;. The van der Waals surface area contributed by atoms with Crippen molar-refractivity contribution < 1.29 is 37.6 Å². The summed E-state index contributed by atoms with van der Waals surface area (Å²) in [5, 5.41) is 15.3. The largest absolute Gasteiger partial charge is 0.500 e. The van der Waals surface area contributed by atoms with Crippen molar-refractivity contribution in [3.05, 3.63) is 106 Å². The Kier molecular flexibility index (Phi) is 40.4. The summed E-state index contributed by atoms with van der Waals surface area (Å²) in [6.07, 6.45) is 32.2. The third-order valence-electron chi connectivity index (χ3n) is 15.6. The Morgan fingerprint density at radius 1 is 0.802 bits per heavy atom. The quantitative estimate of drug-likeness (QED) is 0.0314. The van der Waals surface area contributed by atoms with Crippen LogP contribution in [0.15, 0.2) is 66.2 Å². The number of hydrogen-bond donors (Lipinski definition) is 3. The molecule has 2 aromatic carbocycles. The normalized spacial score (nSPS) is 15.1. The molecule has 4 atom stereocenters. The number of aldehydes is 1. The van der Waals surface area contributed by atoms with E-state index in [0.29, 0.717) is 43.4 Å². The highest BCUT2D eigenvalue weighted by molar-refractivity contribution is 6.09. The minimum absolute atomic E-state index is 0.00292. The number of unbranched alkanes of at least 4 members (excludes halogenated alkanes) is 5. The van der Waals surface area contributed by atoms with Crippen LogP contribution in [-0.2, 0) is 14.3 Å². The number of rotatable bonds is 26. The number of fused-ring (bicyclic) bond motifs is 1. The average molecular weight is 1130 g/mol. The zero-order chi connectivity index (χ0) is 60.5. The van der Waals surface area contributed by atoms with Gasteiger partial charge in [0.25, 0.3) is 0 Å². The van der Waals surface area contributed by atoms with Crippen LogP contribution in [0, 0.1) is 56.1 Å². The van der Waals surface area contributed by atoms with Crippen LogP contribution in [0.4, 0.5) is 20.2 Å². The number of halogens is 2. The Bertz CT molecular complexity index is 2270. The van der Waals surface area contributed by atoms with Crippen LogP contribution >= 0.6 is 0 Å². The molecular weight excluding hydrogens is 1020 g/mol. The Morgan fingerprint density at radius 3 is 2.01 bits per heavy atom. The Hall–Kier alpha value is -5.23. The van der Waals surface area contributed by atoms with Crippen LogP contribution in [0.5, 0.6) is 0 Å². The third-order valence-corrected chi connectivity index (χ3v) is 15.6. The summed E-state index contributed by atoms with van der Waals surface area (Å²) in [6.45, 7) is 25.9. The fraction of sp³-hybridized carbons (Fsp3) is 0.638. The number of Topliss-reactive ketones (excluding diaryl/α,β-unsaturated/α-hetero) is 1. The van der Waals surface area contributed by atoms with E-state index in [4.69, 9.17) is 4.74 Å². The van der Waals surface area contributed by atoms with Gasteiger partial charge in [-0.25, -0.2) is 13.4 Å². The van der Waals surface area contributed by atoms with Gasteiger partial charge in [-0.2, -0.15) is 0 Å². The number of amides is 1. The number of ketones is 1. The lowest BCUT2D eigenvalue weighted by atomic mass is 9.76. The van der Waals surface area contributed by atoms with Gasteiger partial charge in [-0.3, -0.25) is 14.6 Å². The lowest BCUT2D eigenvalue weighted by Crippen LogP contribution is -2.24. The van der Waals surface area contributed by atoms with E-state index in [0.717, 1.165) is 96.1 Å². The molecule has 1 amide bonds. The van der Waals surface area contributed by atoms with E-state index in [1.54, 1.807) is 21.1 Å². The molecule has 1 aromatic heterocycles. The van der Waals surface area contributed by atoms with E-state index in [-0.39, 0.29) is 18.3 Å². The maximum atomic E-state index is 13.1. The number of nitrogens with zero attached hydrogens (tertiary/aromatic N) is 3. The van der Waals surface area contributed by atoms with Gasteiger partial charge in [0.2, 0.25) is 5.91 Å². The monoisotopic (exact) mass is 1130 g/mol. The molecule has 12 heteroatoms. The van der Waals surface area contributed by atoms with Gasteiger partial charge in [0.05, 0.1) is 30.6 Å². The Morgan fingerprint density at radius 2 is 1.46 bits per heavy atom. The molecule has 3 aromatic rings. The first-order chi connectivity index (χ1) is 38.9. The van der Waals surface area contributed by atoms with Gasteiger partial charge in [0.1, 0.15) is 48.2 Å². The molecule has 0 radical (unpaired) electrons.